The molecule has 0 bridgehead atoms. The summed E-state index contributed by atoms with van der Waals surface area (Å²) in [6.07, 6.45) is 1.50. The molecular weight excluding hydrogens is 242 g/mol. The van der Waals surface area contributed by atoms with Crippen molar-refractivity contribution in [2.24, 2.45) is 0 Å². The van der Waals surface area contributed by atoms with Crippen molar-refractivity contribution in [3.8, 4) is 0 Å². The van der Waals surface area contributed by atoms with E-state index in [4.69, 9.17) is 4.42 Å². The summed E-state index contributed by atoms with van der Waals surface area (Å²) in [4.78, 5) is 15.5. The molecule has 0 saturated heterocycles. The summed E-state index contributed by atoms with van der Waals surface area (Å²) >= 11 is 0. The van der Waals surface area contributed by atoms with Gasteiger partial charge in [-0.1, -0.05) is 6.07 Å². The smallest absolute Gasteiger partial charge is 0.254 e. The largest absolute Gasteiger partial charge is 0.444 e. The van der Waals surface area contributed by atoms with E-state index in [2.05, 4.69) is 10.3 Å². The van der Waals surface area contributed by atoms with E-state index in [9.17, 15) is 13.6 Å². The Labute approximate surface area is 102 Å². The second-order valence-corrected chi connectivity index (χ2v) is 3.65. The number of oxazole rings is 1. The van der Waals surface area contributed by atoms with Crippen molar-refractivity contribution in [2.75, 3.05) is 0 Å². The van der Waals surface area contributed by atoms with E-state index in [-0.39, 0.29) is 12.1 Å². The van der Waals surface area contributed by atoms with Crippen molar-refractivity contribution in [2.45, 2.75) is 13.5 Å². The van der Waals surface area contributed by atoms with Gasteiger partial charge in [0.05, 0.1) is 18.3 Å². The van der Waals surface area contributed by atoms with Gasteiger partial charge in [-0.05, 0) is 19.1 Å². The van der Waals surface area contributed by atoms with Gasteiger partial charge in [-0.2, -0.15) is 0 Å². The number of aromatic nitrogens is 1. The molecule has 0 unspecified atom stereocenters. The molecule has 1 heterocycles. The molecule has 1 aromatic heterocycles. The minimum atomic E-state index is -1.17. The molecule has 18 heavy (non-hydrogen) atoms. The van der Waals surface area contributed by atoms with Crippen LogP contribution in [-0.4, -0.2) is 10.9 Å². The minimum absolute atomic E-state index is 0.0165. The van der Waals surface area contributed by atoms with Gasteiger partial charge in [0.1, 0.15) is 5.76 Å². The molecule has 0 fully saturated rings. The monoisotopic (exact) mass is 252 g/mol. The maximum Gasteiger partial charge on any atom is 0.254 e. The minimum Gasteiger partial charge on any atom is -0.444 e. The molecule has 4 nitrogen and oxygen atoms in total. The Morgan fingerprint density at radius 1 is 1.44 bits per heavy atom. The standard InChI is InChI=1S/C12H10F2N2O2/c1-7-5-15-10(18-7)6-16-12(17)8-3-2-4-9(13)11(8)14/h2-5H,6H2,1H3,(H,16,17). The first-order valence-corrected chi connectivity index (χ1v) is 5.21. The Kier molecular flexibility index (Phi) is 3.36. The molecule has 0 aliphatic heterocycles. The third kappa shape index (κ3) is 2.53. The number of rotatable bonds is 3. The molecular formula is C12H10F2N2O2. The first-order chi connectivity index (χ1) is 8.58. The van der Waals surface area contributed by atoms with E-state index in [1.54, 1.807) is 6.92 Å². The lowest BCUT2D eigenvalue weighted by Gasteiger charge is -2.04. The summed E-state index contributed by atoms with van der Waals surface area (Å²) in [6, 6.07) is 3.42. The highest BCUT2D eigenvalue weighted by atomic mass is 19.2. The Bertz CT molecular complexity index is 581. The van der Waals surface area contributed by atoms with Gasteiger partial charge >= 0.3 is 0 Å². The van der Waals surface area contributed by atoms with Crippen LogP contribution in [0.2, 0.25) is 0 Å². The van der Waals surface area contributed by atoms with Crippen LogP contribution in [0.1, 0.15) is 22.0 Å². The van der Waals surface area contributed by atoms with E-state index in [0.717, 1.165) is 6.07 Å². The van der Waals surface area contributed by atoms with Crippen molar-refractivity contribution < 1.29 is 18.0 Å². The summed E-state index contributed by atoms with van der Waals surface area (Å²) in [5.74, 6) is -2.04. The van der Waals surface area contributed by atoms with Gasteiger partial charge in [0.2, 0.25) is 5.89 Å². The zero-order valence-electron chi connectivity index (χ0n) is 9.54. The molecule has 0 aliphatic carbocycles. The van der Waals surface area contributed by atoms with E-state index in [1.165, 1.54) is 18.3 Å². The SMILES string of the molecule is Cc1cnc(CNC(=O)c2cccc(F)c2F)o1. The number of hydrogen-bond donors (Lipinski definition) is 1. The lowest BCUT2D eigenvalue weighted by molar-refractivity contribution is 0.0942. The van der Waals surface area contributed by atoms with Gasteiger partial charge in [-0.25, -0.2) is 13.8 Å². The molecule has 0 saturated carbocycles. The Morgan fingerprint density at radius 3 is 2.89 bits per heavy atom. The fourth-order valence-corrected chi connectivity index (χ4v) is 1.41. The second kappa shape index (κ2) is 4.95. The van der Waals surface area contributed by atoms with Gasteiger partial charge in [-0.15, -0.1) is 0 Å². The fourth-order valence-electron chi connectivity index (χ4n) is 1.41. The first kappa shape index (κ1) is 12.2. The predicted molar refractivity (Wildman–Crippen MR) is 58.8 cm³/mol. The van der Waals surface area contributed by atoms with E-state index < -0.39 is 17.5 Å². The van der Waals surface area contributed by atoms with E-state index in [1.807, 2.05) is 0 Å². The number of benzene rings is 1. The maximum atomic E-state index is 13.3. The Morgan fingerprint density at radius 2 is 2.22 bits per heavy atom. The van der Waals surface area contributed by atoms with Crippen LogP contribution in [0.3, 0.4) is 0 Å². The quantitative estimate of drug-likeness (QED) is 0.911. The van der Waals surface area contributed by atoms with Gasteiger partial charge in [0.15, 0.2) is 11.6 Å². The first-order valence-electron chi connectivity index (χ1n) is 5.21. The summed E-state index contributed by atoms with van der Waals surface area (Å²) in [5, 5.41) is 2.39. The van der Waals surface area contributed by atoms with Crippen molar-refractivity contribution >= 4 is 5.91 Å². The molecule has 1 amide bonds. The molecule has 6 heteroatoms. The molecule has 0 atom stereocenters. The molecule has 2 rings (SSSR count). The van der Waals surface area contributed by atoms with Gasteiger partial charge in [-0.3, -0.25) is 4.79 Å². The zero-order valence-corrected chi connectivity index (χ0v) is 9.54. The summed E-state index contributed by atoms with van der Waals surface area (Å²) in [7, 11) is 0. The van der Waals surface area contributed by atoms with Gasteiger partial charge in [0, 0.05) is 0 Å². The Hall–Kier alpha value is -2.24. The van der Waals surface area contributed by atoms with Crippen LogP contribution in [0.4, 0.5) is 8.78 Å². The summed E-state index contributed by atoms with van der Waals surface area (Å²) < 4.78 is 31.4. The van der Waals surface area contributed by atoms with Crippen molar-refractivity contribution in [1.29, 1.82) is 0 Å². The topological polar surface area (TPSA) is 55.1 Å². The lowest BCUT2D eigenvalue weighted by atomic mass is 10.2. The van der Waals surface area contributed by atoms with Crippen molar-refractivity contribution in [1.82, 2.24) is 10.3 Å². The highest BCUT2D eigenvalue weighted by Gasteiger charge is 2.15. The van der Waals surface area contributed by atoms with Crippen LogP contribution in [-0.2, 0) is 6.54 Å². The molecule has 2 aromatic rings. The van der Waals surface area contributed by atoms with Crippen LogP contribution in [0.5, 0.6) is 0 Å². The number of aryl methyl sites for hydroxylation is 1. The number of halogens is 2. The normalized spacial score (nSPS) is 10.4. The molecule has 1 aromatic carbocycles. The third-order valence-electron chi connectivity index (χ3n) is 2.27. The Balaban J connectivity index is 2.06. The molecule has 0 radical (unpaired) electrons. The van der Waals surface area contributed by atoms with Crippen LogP contribution in [0.15, 0.2) is 28.8 Å². The van der Waals surface area contributed by atoms with Crippen LogP contribution in [0, 0.1) is 18.6 Å². The number of carbonyl (C=O) groups excluding carboxylic acids is 1. The molecule has 1 N–H and O–H groups in total. The number of hydrogen-bond acceptors (Lipinski definition) is 3. The van der Waals surface area contributed by atoms with Crippen LogP contribution in [0.25, 0.3) is 0 Å². The zero-order chi connectivity index (χ0) is 13.1. The van der Waals surface area contributed by atoms with Crippen molar-refractivity contribution in [3.63, 3.8) is 0 Å². The molecule has 0 spiro atoms. The van der Waals surface area contributed by atoms with Crippen LogP contribution >= 0.6 is 0 Å². The van der Waals surface area contributed by atoms with Gasteiger partial charge < -0.3 is 9.73 Å². The number of nitrogens with one attached hydrogen (secondary N) is 1. The van der Waals surface area contributed by atoms with Gasteiger partial charge in [0.25, 0.3) is 5.91 Å². The summed E-state index contributed by atoms with van der Waals surface area (Å²) in [6.45, 7) is 1.73. The molecule has 94 valence electrons. The maximum absolute atomic E-state index is 13.3. The number of nitrogens with zero attached hydrogens (tertiary/aromatic N) is 1. The number of amides is 1. The lowest BCUT2D eigenvalue weighted by Crippen LogP contribution is -2.24. The van der Waals surface area contributed by atoms with E-state index >= 15 is 0 Å². The highest BCUT2D eigenvalue weighted by molar-refractivity contribution is 5.94. The predicted octanol–water partition coefficient (Wildman–Crippen LogP) is 2.19. The summed E-state index contributed by atoms with van der Waals surface area (Å²) in [5.41, 5.74) is -0.349. The average Bonchev–Trinajstić information content (AvgIpc) is 2.76. The van der Waals surface area contributed by atoms with Crippen LogP contribution < -0.4 is 5.32 Å². The average molecular weight is 252 g/mol. The molecule has 0 aliphatic rings. The third-order valence-corrected chi connectivity index (χ3v) is 2.27. The second-order valence-electron chi connectivity index (χ2n) is 3.65. The van der Waals surface area contributed by atoms with E-state index in [0.29, 0.717) is 11.7 Å². The highest BCUT2D eigenvalue weighted by Crippen LogP contribution is 2.11. The number of carbonyl (C=O) groups is 1. The van der Waals surface area contributed by atoms with Crippen molar-refractivity contribution in [3.05, 3.63) is 53.2 Å². The fraction of sp³-hybridized carbons (Fsp3) is 0.167.